The molecule has 1 amide bonds. The molecule has 3 aliphatic rings. The van der Waals surface area contributed by atoms with Crippen LogP contribution in [-0.4, -0.2) is 59.9 Å². The van der Waals surface area contributed by atoms with Crippen molar-refractivity contribution in [2.45, 2.75) is 57.0 Å². The highest BCUT2D eigenvalue weighted by Gasteiger charge is 2.54. The van der Waals surface area contributed by atoms with Gasteiger partial charge in [-0.25, -0.2) is 4.79 Å². The fourth-order valence-corrected chi connectivity index (χ4v) is 4.12. The summed E-state index contributed by atoms with van der Waals surface area (Å²) in [5.41, 5.74) is -0.361. The quantitative estimate of drug-likeness (QED) is 0.781. The second-order valence-electron chi connectivity index (χ2n) is 7.67. The molecule has 10 heteroatoms. The van der Waals surface area contributed by atoms with Crippen molar-refractivity contribution in [3.8, 4) is 0 Å². The molecule has 1 aliphatic carbocycles. The number of likely N-dealkylation sites (tertiary alicyclic amines) is 1. The standard InChI is InChI=1S/C17H24N2O3.C2HF3O2/c20-16(18-11-14-5-2-9-21-14)17-7-10-22-15(17)6-8-19(12-17)13-3-1-4-13;3-2(4,5)1(6)7/h2,5,9,13,15H,1,3-4,6-8,10-12H2,(H,18,20);(H,6,7)/t15-,17-;/m1./s1. The average Bonchev–Trinajstić information content (AvgIpc) is 3.27. The SMILES string of the molecule is O=C(NCc1ccco1)[C@@]12CCO[C@@H]1CCN(C1CCC1)C2.O=C(O)C(F)(F)F. The number of rotatable bonds is 4. The molecule has 1 aromatic heterocycles. The van der Waals surface area contributed by atoms with Crippen molar-refractivity contribution >= 4 is 11.9 Å². The number of carboxylic acid groups (broad SMARTS) is 1. The number of hydrogen-bond donors (Lipinski definition) is 2. The number of nitrogens with zero attached hydrogens (tertiary/aromatic N) is 1. The van der Waals surface area contributed by atoms with Crippen LogP contribution in [0.1, 0.15) is 37.9 Å². The van der Waals surface area contributed by atoms with Crippen LogP contribution in [0.5, 0.6) is 0 Å². The summed E-state index contributed by atoms with van der Waals surface area (Å²) in [5.74, 6) is -1.82. The molecule has 0 spiro atoms. The summed E-state index contributed by atoms with van der Waals surface area (Å²) in [4.78, 5) is 24.3. The number of fused-ring (bicyclic) bond motifs is 1. The Hall–Kier alpha value is -2.07. The van der Waals surface area contributed by atoms with Crippen molar-refractivity contribution < 1.29 is 37.0 Å². The highest BCUT2D eigenvalue weighted by Crippen LogP contribution is 2.43. The lowest BCUT2D eigenvalue weighted by Gasteiger charge is -2.47. The van der Waals surface area contributed by atoms with E-state index in [0.717, 1.165) is 31.7 Å². The Morgan fingerprint density at radius 3 is 2.59 bits per heavy atom. The first-order valence-electron chi connectivity index (χ1n) is 9.69. The van der Waals surface area contributed by atoms with E-state index in [0.29, 0.717) is 19.2 Å². The second-order valence-corrected chi connectivity index (χ2v) is 7.67. The van der Waals surface area contributed by atoms with E-state index in [9.17, 15) is 18.0 Å². The van der Waals surface area contributed by atoms with Gasteiger partial charge in [-0.05, 0) is 37.8 Å². The maximum atomic E-state index is 12.9. The maximum absolute atomic E-state index is 12.9. The van der Waals surface area contributed by atoms with E-state index in [4.69, 9.17) is 19.1 Å². The molecule has 29 heavy (non-hydrogen) atoms. The molecule has 3 heterocycles. The fourth-order valence-electron chi connectivity index (χ4n) is 4.12. The predicted octanol–water partition coefficient (Wildman–Crippen LogP) is 2.56. The molecular formula is C19H25F3N2O5. The van der Waals surface area contributed by atoms with Gasteiger partial charge in [0.15, 0.2) is 0 Å². The third kappa shape index (κ3) is 4.92. The van der Waals surface area contributed by atoms with Gasteiger partial charge >= 0.3 is 12.1 Å². The highest BCUT2D eigenvalue weighted by atomic mass is 19.4. The van der Waals surface area contributed by atoms with Gasteiger partial charge in [0.2, 0.25) is 5.91 Å². The van der Waals surface area contributed by atoms with Crippen molar-refractivity contribution in [3.63, 3.8) is 0 Å². The number of amides is 1. The number of halogens is 3. The topological polar surface area (TPSA) is 92.0 Å². The summed E-state index contributed by atoms with van der Waals surface area (Å²) in [7, 11) is 0. The maximum Gasteiger partial charge on any atom is 0.490 e. The van der Waals surface area contributed by atoms with E-state index in [1.54, 1.807) is 6.26 Å². The van der Waals surface area contributed by atoms with Crippen molar-refractivity contribution in [2.24, 2.45) is 5.41 Å². The molecule has 2 saturated heterocycles. The van der Waals surface area contributed by atoms with E-state index in [-0.39, 0.29) is 17.4 Å². The molecule has 0 unspecified atom stereocenters. The number of piperidine rings is 1. The second kappa shape index (κ2) is 8.74. The van der Waals surface area contributed by atoms with E-state index >= 15 is 0 Å². The monoisotopic (exact) mass is 418 g/mol. The number of nitrogens with one attached hydrogen (secondary N) is 1. The van der Waals surface area contributed by atoms with Crippen LogP contribution in [0.2, 0.25) is 0 Å². The largest absolute Gasteiger partial charge is 0.490 e. The Bertz CT molecular complexity index is 705. The zero-order chi connectivity index (χ0) is 21.1. The van der Waals surface area contributed by atoms with E-state index in [1.165, 1.54) is 19.3 Å². The average molecular weight is 418 g/mol. The van der Waals surface area contributed by atoms with Gasteiger partial charge in [-0.2, -0.15) is 13.2 Å². The number of ether oxygens (including phenoxy) is 1. The Balaban J connectivity index is 0.000000298. The molecule has 0 bridgehead atoms. The van der Waals surface area contributed by atoms with Gasteiger partial charge in [-0.1, -0.05) is 6.42 Å². The summed E-state index contributed by atoms with van der Waals surface area (Å²) >= 11 is 0. The van der Waals surface area contributed by atoms with Gasteiger partial charge in [-0.15, -0.1) is 0 Å². The van der Waals surface area contributed by atoms with Gasteiger partial charge in [0, 0.05) is 25.7 Å². The van der Waals surface area contributed by atoms with Crippen LogP contribution in [0.4, 0.5) is 13.2 Å². The van der Waals surface area contributed by atoms with Crippen LogP contribution in [0, 0.1) is 5.41 Å². The number of carbonyl (C=O) groups excluding carboxylic acids is 1. The number of carboxylic acids is 1. The van der Waals surface area contributed by atoms with Crippen LogP contribution in [-0.2, 0) is 20.9 Å². The Morgan fingerprint density at radius 1 is 1.31 bits per heavy atom. The van der Waals surface area contributed by atoms with Crippen LogP contribution < -0.4 is 5.32 Å². The minimum Gasteiger partial charge on any atom is -0.475 e. The Morgan fingerprint density at radius 2 is 2.03 bits per heavy atom. The van der Waals surface area contributed by atoms with Gasteiger partial charge in [-0.3, -0.25) is 9.69 Å². The van der Waals surface area contributed by atoms with Crippen LogP contribution in [0.3, 0.4) is 0 Å². The number of carbonyl (C=O) groups is 2. The van der Waals surface area contributed by atoms with Crippen LogP contribution >= 0.6 is 0 Å². The van der Waals surface area contributed by atoms with Crippen LogP contribution in [0.15, 0.2) is 22.8 Å². The molecular weight excluding hydrogens is 393 g/mol. The van der Waals surface area contributed by atoms with Gasteiger partial charge in [0.25, 0.3) is 0 Å². The molecule has 2 atom stereocenters. The van der Waals surface area contributed by atoms with Crippen molar-refractivity contribution in [1.82, 2.24) is 10.2 Å². The molecule has 2 N–H and O–H groups in total. The molecule has 2 aliphatic heterocycles. The number of hydrogen-bond acceptors (Lipinski definition) is 5. The van der Waals surface area contributed by atoms with Crippen LogP contribution in [0.25, 0.3) is 0 Å². The summed E-state index contributed by atoms with van der Waals surface area (Å²) in [6.07, 6.45) is 2.36. The minimum absolute atomic E-state index is 0.0837. The van der Waals surface area contributed by atoms with E-state index < -0.39 is 12.1 Å². The summed E-state index contributed by atoms with van der Waals surface area (Å²) < 4.78 is 42.9. The summed E-state index contributed by atoms with van der Waals surface area (Å²) in [5, 5.41) is 10.2. The fraction of sp³-hybridized carbons (Fsp3) is 0.684. The van der Waals surface area contributed by atoms with Crippen molar-refractivity contribution in [1.29, 1.82) is 0 Å². The van der Waals surface area contributed by atoms with Gasteiger partial charge < -0.3 is 19.6 Å². The number of furan rings is 1. The van der Waals surface area contributed by atoms with E-state index in [2.05, 4.69) is 10.2 Å². The first kappa shape index (κ1) is 21.6. The number of alkyl halides is 3. The third-order valence-electron chi connectivity index (χ3n) is 5.94. The summed E-state index contributed by atoms with van der Waals surface area (Å²) in [6, 6.07) is 4.43. The lowest BCUT2D eigenvalue weighted by Crippen LogP contribution is -2.59. The first-order valence-corrected chi connectivity index (χ1v) is 9.69. The zero-order valence-electron chi connectivity index (χ0n) is 15.9. The molecule has 0 radical (unpaired) electrons. The number of aliphatic carboxylic acids is 1. The Kier molecular flexibility index (Phi) is 6.52. The molecule has 1 aromatic rings. The molecule has 7 nitrogen and oxygen atoms in total. The van der Waals surface area contributed by atoms with Gasteiger partial charge in [0.05, 0.1) is 24.3 Å². The lowest BCUT2D eigenvalue weighted by molar-refractivity contribution is -0.192. The zero-order valence-corrected chi connectivity index (χ0v) is 15.9. The molecule has 4 rings (SSSR count). The lowest BCUT2D eigenvalue weighted by atomic mass is 9.74. The Labute approximate surface area is 166 Å². The van der Waals surface area contributed by atoms with Gasteiger partial charge in [0.1, 0.15) is 5.76 Å². The minimum atomic E-state index is -5.08. The third-order valence-corrected chi connectivity index (χ3v) is 5.94. The summed E-state index contributed by atoms with van der Waals surface area (Å²) in [6.45, 7) is 3.09. The molecule has 0 aromatic carbocycles. The molecule has 1 saturated carbocycles. The molecule has 162 valence electrons. The van der Waals surface area contributed by atoms with E-state index in [1.807, 2.05) is 12.1 Å². The normalized spacial score (nSPS) is 27.3. The predicted molar refractivity (Wildman–Crippen MR) is 94.9 cm³/mol. The molecule has 3 fully saturated rings. The highest BCUT2D eigenvalue weighted by molar-refractivity contribution is 5.84. The first-order chi connectivity index (χ1) is 13.7. The van der Waals surface area contributed by atoms with Crippen molar-refractivity contribution in [2.75, 3.05) is 19.7 Å². The van der Waals surface area contributed by atoms with Crippen molar-refractivity contribution in [3.05, 3.63) is 24.2 Å². The smallest absolute Gasteiger partial charge is 0.475 e.